The van der Waals surface area contributed by atoms with E-state index in [-0.39, 0.29) is 0 Å². The Morgan fingerprint density at radius 2 is 1.92 bits per heavy atom. The van der Waals surface area contributed by atoms with Crippen LogP contribution < -0.4 is 0 Å². The molecule has 136 valence electrons. The number of aromatic nitrogens is 3. The molecule has 0 spiro atoms. The van der Waals surface area contributed by atoms with Crippen molar-refractivity contribution in [2.24, 2.45) is 0 Å². The average molecular weight is 406 g/mol. The van der Waals surface area contributed by atoms with Crippen LogP contribution in [0.3, 0.4) is 0 Å². The number of nitrogens with one attached hydrogen (secondary N) is 1. The molecule has 1 N–H and O–H groups in total. The van der Waals surface area contributed by atoms with E-state index >= 15 is 0 Å². The molecule has 26 heavy (non-hydrogen) atoms. The summed E-state index contributed by atoms with van der Waals surface area (Å²) in [6.45, 7) is 5.78. The number of aromatic amines is 1. The second kappa shape index (κ2) is 8.02. The number of nitrogens with zero attached hydrogens (tertiary/aromatic N) is 4. The fourth-order valence-corrected chi connectivity index (χ4v) is 4.23. The van der Waals surface area contributed by atoms with Crippen molar-refractivity contribution in [3.05, 3.63) is 57.1 Å². The lowest BCUT2D eigenvalue weighted by molar-refractivity contribution is 0.0982. The second-order valence-corrected chi connectivity index (χ2v) is 8.17. The fourth-order valence-electron chi connectivity index (χ4n) is 3.16. The fraction of sp³-hybridized carbons (Fsp3) is 0.333. The molecular weight excluding hydrogens is 386 g/mol. The van der Waals surface area contributed by atoms with Crippen molar-refractivity contribution in [1.29, 1.82) is 0 Å². The molecule has 1 fully saturated rings. The summed E-state index contributed by atoms with van der Waals surface area (Å²) in [7, 11) is 0. The van der Waals surface area contributed by atoms with Crippen LogP contribution in [0.25, 0.3) is 10.7 Å². The van der Waals surface area contributed by atoms with Gasteiger partial charge in [0.1, 0.15) is 0 Å². The van der Waals surface area contributed by atoms with Crippen molar-refractivity contribution >= 4 is 35.2 Å². The van der Waals surface area contributed by atoms with Crippen LogP contribution in [0.5, 0.6) is 0 Å². The first-order valence-electron chi connectivity index (χ1n) is 8.57. The summed E-state index contributed by atoms with van der Waals surface area (Å²) < 4.78 is 2.56. The van der Waals surface area contributed by atoms with Gasteiger partial charge in [-0.05, 0) is 41.4 Å². The molecule has 0 saturated carbocycles. The Balaban J connectivity index is 1.33. The lowest BCUT2D eigenvalue weighted by Crippen LogP contribution is -2.46. The van der Waals surface area contributed by atoms with Gasteiger partial charge in [0, 0.05) is 37.7 Å². The number of piperazine rings is 1. The quantitative estimate of drug-likeness (QED) is 0.649. The van der Waals surface area contributed by atoms with Crippen LogP contribution in [0.4, 0.5) is 0 Å². The molecule has 5 nitrogen and oxygen atoms in total. The molecule has 0 unspecified atom stereocenters. The van der Waals surface area contributed by atoms with Crippen LogP contribution in [0.2, 0.25) is 5.02 Å². The summed E-state index contributed by atoms with van der Waals surface area (Å²) in [4.78, 5) is 10.5. The van der Waals surface area contributed by atoms with E-state index in [1.807, 2.05) is 34.3 Å². The maximum atomic E-state index is 6.08. The monoisotopic (exact) mass is 405 g/mol. The lowest BCUT2D eigenvalue weighted by Gasteiger charge is -2.34. The third-order valence-electron chi connectivity index (χ3n) is 4.54. The maximum absolute atomic E-state index is 6.08. The van der Waals surface area contributed by atoms with Crippen LogP contribution >= 0.6 is 35.2 Å². The molecule has 0 atom stereocenters. The summed E-state index contributed by atoms with van der Waals surface area (Å²) in [5.74, 6) is 0.851. The first-order valence-corrected chi connectivity index (χ1v) is 10.2. The Morgan fingerprint density at radius 3 is 2.65 bits per heavy atom. The van der Waals surface area contributed by atoms with Crippen molar-refractivity contribution in [2.45, 2.75) is 13.2 Å². The van der Waals surface area contributed by atoms with Gasteiger partial charge >= 0.3 is 0 Å². The van der Waals surface area contributed by atoms with Crippen LogP contribution in [0, 0.1) is 4.77 Å². The van der Waals surface area contributed by atoms with E-state index in [1.54, 1.807) is 11.3 Å². The molecule has 2 aromatic heterocycles. The zero-order valence-corrected chi connectivity index (χ0v) is 16.7. The molecule has 0 amide bonds. The van der Waals surface area contributed by atoms with Gasteiger partial charge in [0.05, 0.1) is 11.5 Å². The standard InChI is InChI=1S/C18H20ClN5S2/c19-15-4-1-3-14(11-15)12-22-6-8-23(9-7-22)13-24-18(25)20-17(21-24)16-5-2-10-26-16/h1-5,10-11H,6-9,12-13H2,(H,20,21,25). The number of benzene rings is 1. The molecule has 1 saturated heterocycles. The second-order valence-electron chi connectivity index (χ2n) is 6.43. The van der Waals surface area contributed by atoms with Crippen molar-refractivity contribution in [3.63, 3.8) is 0 Å². The smallest absolute Gasteiger partial charge is 0.217 e. The number of hydrogen-bond donors (Lipinski definition) is 1. The number of rotatable bonds is 5. The van der Waals surface area contributed by atoms with E-state index in [1.165, 1.54) is 5.56 Å². The SMILES string of the molecule is S=c1nc(-c2cccs2)[nH]n1CN1CCN(Cc2cccc(Cl)c2)CC1. The van der Waals surface area contributed by atoms with Crippen LogP contribution in [0.1, 0.15) is 5.56 Å². The average Bonchev–Trinajstić information content (AvgIpc) is 3.27. The van der Waals surface area contributed by atoms with Gasteiger partial charge in [-0.3, -0.25) is 14.9 Å². The predicted octanol–water partition coefficient (Wildman–Crippen LogP) is 4.10. The molecule has 1 aliphatic heterocycles. The van der Waals surface area contributed by atoms with Crippen molar-refractivity contribution in [3.8, 4) is 10.7 Å². The van der Waals surface area contributed by atoms with E-state index in [2.05, 4.69) is 32.0 Å². The van der Waals surface area contributed by atoms with Crippen LogP contribution in [-0.4, -0.2) is 50.7 Å². The van der Waals surface area contributed by atoms with Gasteiger partial charge in [-0.1, -0.05) is 29.8 Å². The first-order chi connectivity index (χ1) is 12.7. The predicted molar refractivity (Wildman–Crippen MR) is 109 cm³/mol. The van der Waals surface area contributed by atoms with Gasteiger partial charge in [-0.2, -0.15) is 4.98 Å². The van der Waals surface area contributed by atoms with Gasteiger partial charge in [0.15, 0.2) is 5.82 Å². The summed E-state index contributed by atoms with van der Waals surface area (Å²) in [5.41, 5.74) is 1.27. The third kappa shape index (κ3) is 4.24. The van der Waals surface area contributed by atoms with Crippen LogP contribution in [0.15, 0.2) is 41.8 Å². The molecule has 1 aliphatic rings. The molecule has 8 heteroatoms. The van der Waals surface area contributed by atoms with Gasteiger partial charge < -0.3 is 0 Å². The zero-order chi connectivity index (χ0) is 17.9. The van der Waals surface area contributed by atoms with Crippen molar-refractivity contribution < 1.29 is 0 Å². The highest BCUT2D eigenvalue weighted by molar-refractivity contribution is 7.71. The highest BCUT2D eigenvalue weighted by Crippen LogP contribution is 2.21. The largest absolute Gasteiger partial charge is 0.297 e. The molecule has 3 aromatic rings. The zero-order valence-electron chi connectivity index (χ0n) is 14.3. The van der Waals surface area contributed by atoms with E-state index in [0.29, 0.717) is 4.77 Å². The van der Waals surface area contributed by atoms with Gasteiger partial charge in [-0.25, -0.2) is 4.68 Å². The van der Waals surface area contributed by atoms with Gasteiger partial charge in [-0.15, -0.1) is 11.3 Å². The molecule has 0 radical (unpaired) electrons. The highest BCUT2D eigenvalue weighted by atomic mass is 35.5. The van der Waals surface area contributed by atoms with Gasteiger partial charge in [0.2, 0.25) is 4.77 Å². The summed E-state index contributed by atoms with van der Waals surface area (Å²) in [6, 6.07) is 12.2. The Bertz CT molecular complexity index is 910. The van der Waals surface area contributed by atoms with E-state index in [9.17, 15) is 0 Å². The minimum atomic E-state index is 0.606. The Labute approximate surface area is 166 Å². The van der Waals surface area contributed by atoms with E-state index in [0.717, 1.165) is 55.1 Å². The summed E-state index contributed by atoms with van der Waals surface area (Å²) >= 11 is 13.2. The summed E-state index contributed by atoms with van der Waals surface area (Å²) in [5, 5.41) is 6.18. The normalized spacial score (nSPS) is 16.2. The Hall–Kier alpha value is -1.51. The number of H-pyrrole nitrogens is 1. The Kier molecular flexibility index (Phi) is 5.52. The molecule has 3 heterocycles. The highest BCUT2D eigenvalue weighted by Gasteiger charge is 2.18. The van der Waals surface area contributed by atoms with E-state index in [4.69, 9.17) is 23.8 Å². The lowest BCUT2D eigenvalue weighted by atomic mass is 10.2. The summed E-state index contributed by atoms with van der Waals surface area (Å²) in [6.07, 6.45) is 0. The van der Waals surface area contributed by atoms with Crippen LogP contribution in [-0.2, 0) is 13.2 Å². The van der Waals surface area contributed by atoms with Gasteiger partial charge in [0.25, 0.3) is 0 Å². The number of hydrogen-bond acceptors (Lipinski definition) is 5. The molecule has 0 bridgehead atoms. The van der Waals surface area contributed by atoms with Crippen molar-refractivity contribution in [1.82, 2.24) is 24.6 Å². The molecule has 0 aliphatic carbocycles. The first kappa shape index (κ1) is 17.9. The number of thiophene rings is 1. The Morgan fingerprint density at radius 1 is 1.12 bits per heavy atom. The maximum Gasteiger partial charge on any atom is 0.217 e. The molecule has 1 aromatic carbocycles. The van der Waals surface area contributed by atoms with Crippen molar-refractivity contribution in [2.75, 3.05) is 26.2 Å². The molecule has 4 rings (SSSR count). The molecular formula is C18H20ClN5S2. The topological polar surface area (TPSA) is 40.1 Å². The minimum absolute atomic E-state index is 0.606. The third-order valence-corrected chi connectivity index (χ3v) is 5.96. The minimum Gasteiger partial charge on any atom is -0.297 e. The van der Waals surface area contributed by atoms with E-state index < -0.39 is 0 Å². The number of halogens is 1.